The van der Waals surface area contributed by atoms with Crippen molar-refractivity contribution in [2.75, 3.05) is 13.2 Å². The quantitative estimate of drug-likeness (QED) is 0.0136. The normalized spacial score (nSPS) is 22.9. The molecule has 1 saturated carbocycles. The highest BCUT2D eigenvalue weighted by molar-refractivity contribution is 7.47. The molecule has 0 heterocycles. The van der Waals surface area contributed by atoms with E-state index < -0.39 is 75.7 Å². The van der Waals surface area contributed by atoms with Crippen molar-refractivity contribution in [2.45, 2.75) is 210 Å². The molecular formula is C47H81O14P. The molecule has 0 spiro atoms. The molecule has 14 nitrogen and oxygen atoms in total. The standard InChI is InChI=1S/C47H81O14P/c1-3-5-7-8-9-10-11-12-13-14-18-21-24-27-30-34-40(49)58-36-39(37-59-62(56,57)61-47-45(54)43(52)42(51)44(53)46(47)55)60-41(50)35-31-28-25-22-19-16-15-17-20-23-26-29-33-38(48)32-6-4-2/h10-11,15-16,20,22-23,25,29,33,38-39,42-48,51-55H,3-9,12-14,17-19,21,24,26-28,30-32,34-37H2,1-2H3,(H,56,57)/b11-10-,16-15-,23-20-,25-22-,33-29-/t38-,39-,42?,43-,44+,45-,46-,47?/m1/s1. The molecule has 3 unspecified atom stereocenters. The van der Waals surface area contributed by atoms with Gasteiger partial charge in [0.1, 0.15) is 43.2 Å². The fraction of sp³-hybridized carbons (Fsp3) is 0.745. The summed E-state index contributed by atoms with van der Waals surface area (Å²) in [5.74, 6) is -1.20. The number of aliphatic hydroxyl groups excluding tert-OH is 6. The first kappa shape index (κ1) is 57.5. The Labute approximate surface area is 371 Å². The number of esters is 2. The van der Waals surface area contributed by atoms with Crippen molar-refractivity contribution in [3.8, 4) is 0 Å². The number of phosphoric acid groups is 1. The van der Waals surface area contributed by atoms with E-state index in [0.29, 0.717) is 19.3 Å². The van der Waals surface area contributed by atoms with Crippen LogP contribution in [0.1, 0.15) is 162 Å². The third kappa shape index (κ3) is 29.1. The van der Waals surface area contributed by atoms with E-state index in [2.05, 4.69) is 44.2 Å². The van der Waals surface area contributed by atoms with E-state index in [4.69, 9.17) is 18.5 Å². The van der Waals surface area contributed by atoms with Gasteiger partial charge in [-0.25, -0.2) is 4.57 Å². The van der Waals surface area contributed by atoms with Gasteiger partial charge in [-0.1, -0.05) is 139 Å². The van der Waals surface area contributed by atoms with E-state index in [1.54, 1.807) is 0 Å². The van der Waals surface area contributed by atoms with Gasteiger partial charge < -0.3 is 45.0 Å². The van der Waals surface area contributed by atoms with E-state index in [0.717, 1.165) is 77.0 Å². The lowest BCUT2D eigenvalue weighted by molar-refractivity contribution is -0.220. The van der Waals surface area contributed by atoms with E-state index in [1.807, 2.05) is 30.4 Å². The van der Waals surface area contributed by atoms with Gasteiger partial charge in [0.05, 0.1) is 12.7 Å². The molecular weight excluding hydrogens is 819 g/mol. The predicted molar refractivity (Wildman–Crippen MR) is 241 cm³/mol. The van der Waals surface area contributed by atoms with Crippen LogP contribution in [-0.2, 0) is 32.7 Å². The molecule has 1 aliphatic rings. The predicted octanol–water partition coefficient (Wildman–Crippen LogP) is 7.92. The number of phosphoric ester groups is 1. The highest BCUT2D eigenvalue weighted by Gasteiger charge is 2.51. The third-order valence-electron chi connectivity index (χ3n) is 10.4. The molecule has 7 N–H and O–H groups in total. The van der Waals surface area contributed by atoms with Gasteiger partial charge in [-0.15, -0.1) is 0 Å². The minimum absolute atomic E-state index is 0.00116. The van der Waals surface area contributed by atoms with E-state index >= 15 is 0 Å². The molecule has 0 aromatic carbocycles. The zero-order valence-electron chi connectivity index (χ0n) is 37.5. The van der Waals surface area contributed by atoms with Crippen LogP contribution in [0.5, 0.6) is 0 Å². The lowest BCUT2D eigenvalue weighted by Crippen LogP contribution is -2.64. The monoisotopic (exact) mass is 901 g/mol. The number of carbonyl (C=O) groups is 2. The topological polar surface area (TPSA) is 230 Å². The van der Waals surface area contributed by atoms with Crippen molar-refractivity contribution in [2.24, 2.45) is 0 Å². The van der Waals surface area contributed by atoms with Crippen LogP contribution in [0.15, 0.2) is 60.8 Å². The molecule has 0 saturated heterocycles. The number of ether oxygens (including phenoxy) is 2. The zero-order valence-corrected chi connectivity index (χ0v) is 38.4. The van der Waals surface area contributed by atoms with E-state index in [9.17, 15) is 49.7 Å². The second-order valence-corrected chi connectivity index (χ2v) is 17.5. The molecule has 1 rings (SSSR count). The Morgan fingerprint density at radius 2 is 1.03 bits per heavy atom. The highest BCUT2D eigenvalue weighted by Crippen LogP contribution is 2.47. The van der Waals surface area contributed by atoms with Crippen LogP contribution in [0.4, 0.5) is 0 Å². The number of allylic oxidation sites excluding steroid dienone is 9. The van der Waals surface area contributed by atoms with Gasteiger partial charge in [-0.2, -0.15) is 0 Å². The second-order valence-electron chi connectivity index (χ2n) is 16.1. The molecule has 0 amide bonds. The van der Waals surface area contributed by atoms with Crippen LogP contribution in [0, 0.1) is 0 Å². The molecule has 0 aromatic heterocycles. The van der Waals surface area contributed by atoms with Gasteiger partial charge >= 0.3 is 19.8 Å². The molecule has 15 heteroatoms. The Morgan fingerprint density at radius 1 is 0.565 bits per heavy atom. The lowest BCUT2D eigenvalue weighted by atomic mass is 9.85. The van der Waals surface area contributed by atoms with Crippen LogP contribution >= 0.6 is 7.82 Å². The van der Waals surface area contributed by atoms with Crippen molar-refractivity contribution in [3.05, 3.63) is 60.8 Å². The Hall–Kier alpha value is -2.49. The van der Waals surface area contributed by atoms with E-state index in [-0.39, 0.29) is 18.9 Å². The number of carbonyl (C=O) groups excluding carboxylic acids is 2. The maximum Gasteiger partial charge on any atom is 0.472 e. The van der Waals surface area contributed by atoms with Crippen molar-refractivity contribution < 1.29 is 68.2 Å². The summed E-state index contributed by atoms with van der Waals surface area (Å²) in [4.78, 5) is 35.7. The van der Waals surface area contributed by atoms with E-state index in [1.165, 1.54) is 38.5 Å². The summed E-state index contributed by atoms with van der Waals surface area (Å²) in [6.45, 7) is 3.07. The summed E-state index contributed by atoms with van der Waals surface area (Å²) in [5.41, 5.74) is 0. The summed E-state index contributed by atoms with van der Waals surface area (Å²) in [7, 11) is -5.15. The summed E-state index contributed by atoms with van der Waals surface area (Å²) in [5, 5.41) is 60.0. The van der Waals surface area contributed by atoms with Gasteiger partial charge in [0, 0.05) is 12.8 Å². The Morgan fingerprint density at radius 3 is 1.63 bits per heavy atom. The molecule has 0 radical (unpaired) electrons. The largest absolute Gasteiger partial charge is 0.472 e. The maximum absolute atomic E-state index is 12.8. The van der Waals surface area contributed by atoms with Gasteiger partial charge in [0.2, 0.25) is 0 Å². The van der Waals surface area contributed by atoms with Crippen molar-refractivity contribution in [3.63, 3.8) is 0 Å². The van der Waals surface area contributed by atoms with Crippen molar-refractivity contribution in [1.29, 1.82) is 0 Å². The van der Waals surface area contributed by atoms with Crippen LogP contribution in [-0.4, -0.2) is 110 Å². The van der Waals surface area contributed by atoms with Gasteiger partial charge in [-0.05, 0) is 70.6 Å². The molecule has 1 aliphatic carbocycles. The number of aliphatic hydroxyl groups is 6. The van der Waals surface area contributed by atoms with Gasteiger partial charge in [0.25, 0.3) is 0 Å². The molecule has 9 atom stereocenters. The molecule has 1 fully saturated rings. The molecule has 62 heavy (non-hydrogen) atoms. The smallest absolute Gasteiger partial charge is 0.462 e. The highest BCUT2D eigenvalue weighted by atomic mass is 31.2. The fourth-order valence-electron chi connectivity index (χ4n) is 6.59. The molecule has 0 aliphatic heterocycles. The first-order valence-corrected chi connectivity index (χ1v) is 24.7. The minimum atomic E-state index is -5.15. The zero-order chi connectivity index (χ0) is 45.9. The first-order valence-electron chi connectivity index (χ1n) is 23.2. The second kappa shape index (κ2) is 36.8. The molecule has 0 aromatic rings. The summed E-state index contributed by atoms with van der Waals surface area (Å²) in [6.07, 6.45) is 27.5. The number of rotatable bonds is 37. The van der Waals surface area contributed by atoms with Crippen LogP contribution in [0.25, 0.3) is 0 Å². The Bertz CT molecular complexity index is 1330. The number of hydrogen-bond donors (Lipinski definition) is 7. The number of unbranched alkanes of at least 4 members (excludes halogenated alkanes) is 13. The van der Waals surface area contributed by atoms with Crippen LogP contribution < -0.4 is 0 Å². The molecule has 358 valence electrons. The fourth-order valence-corrected chi connectivity index (χ4v) is 7.56. The maximum atomic E-state index is 12.8. The van der Waals surface area contributed by atoms with Crippen LogP contribution in [0.2, 0.25) is 0 Å². The van der Waals surface area contributed by atoms with Crippen molar-refractivity contribution in [1.82, 2.24) is 0 Å². The molecule has 0 bridgehead atoms. The van der Waals surface area contributed by atoms with Gasteiger partial charge in [0.15, 0.2) is 6.10 Å². The minimum Gasteiger partial charge on any atom is -0.462 e. The summed E-state index contributed by atoms with van der Waals surface area (Å²) in [6, 6.07) is 0. The average molecular weight is 901 g/mol. The Kier molecular flexibility index (Phi) is 34.2. The summed E-state index contributed by atoms with van der Waals surface area (Å²) >= 11 is 0. The summed E-state index contributed by atoms with van der Waals surface area (Å²) < 4.78 is 33.4. The van der Waals surface area contributed by atoms with Crippen LogP contribution in [0.3, 0.4) is 0 Å². The lowest BCUT2D eigenvalue weighted by Gasteiger charge is -2.41. The third-order valence-corrected chi connectivity index (χ3v) is 11.4. The van der Waals surface area contributed by atoms with Gasteiger partial charge in [-0.3, -0.25) is 18.6 Å². The first-order chi connectivity index (χ1) is 29.8. The SMILES string of the molecule is CCCCCC/C=C\CCCCCCCCCC(=O)OC[C@H](COP(=O)(O)OC1[C@H](O)[C@H](O)C(O)[C@H](O)[C@H]1O)OC(=O)CCC/C=C\C/C=C\C/C=C\C/C=C\[C@H](O)CCCC. The number of hydrogen-bond acceptors (Lipinski definition) is 13. The average Bonchev–Trinajstić information content (AvgIpc) is 3.25. The Balaban J connectivity index is 2.52. The van der Waals surface area contributed by atoms with Crippen molar-refractivity contribution >= 4 is 19.8 Å².